The van der Waals surface area contributed by atoms with Crippen LogP contribution in [-0.2, 0) is 0 Å². The molecule has 1 unspecified atom stereocenters. The number of allylic oxidation sites excluding steroid dienone is 1. The van der Waals surface area contributed by atoms with Crippen LogP contribution in [0.1, 0.15) is 36.5 Å². The summed E-state index contributed by atoms with van der Waals surface area (Å²) in [4.78, 5) is 0. The molecule has 0 saturated carbocycles. The van der Waals surface area contributed by atoms with Crippen molar-refractivity contribution in [2.24, 2.45) is 5.73 Å². The predicted octanol–water partition coefficient (Wildman–Crippen LogP) is 3.44. The van der Waals surface area contributed by atoms with Crippen molar-refractivity contribution >= 4 is 6.08 Å². The second kappa shape index (κ2) is 5.72. The molecule has 0 spiro atoms. The first-order chi connectivity index (χ1) is 7.09. The van der Waals surface area contributed by atoms with Crippen LogP contribution in [0.4, 0.5) is 0 Å². The summed E-state index contributed by atoms with van der Waals surface area (Å²) < 4.78 is 0. The normalized spacial score (nSPS) is 13.3. The van der Waals surface area contributed by atoms with Gasteiger partial charge in [0, 0.05) is 6.04 Å². The van der Waals surface area contributed by atoms with Crippen molar-refractivity contribution in [3.63, 3.8) is 0 Å². The fourth-order valence-electron chi connectivity index (χ4n) is 1.51. The molecule has 1 nitrogen and oxygen atoms in total. The van der Waals surface area contributed by atoms with Crippen LogP contribution < -0.4 is 5.73 Å². The molecule has 0 heterocycles. The average molecular weight is 203 g/mol. The first-order valence-electron chi connectivity index (χ1n) is 5.59. The second-order valence-electron chi connectivity index (χ2n) is 4.32. The zero-order chi connectivity index (χ0) is 11.3. The van der Waals surface area contributed by atoms with Crippen molar-refractivity contribution in [1.82, 2.24) is 0 Å². The largest absolute Gasteiger partial charge is 0.328 e. The van der Waals surface area contributed by atoms with E-state index in [1.54, 1.807) is 0 Å². The van der Waals surface area contributed by atoms with E-state index in [1.165, 1.54) is 16.7 Å². The van der Waals surface area contributed by atoms with Crippen molar-refractivity contribution in [3.05, 3.63) is 41.0 Å². The summed E-state index contributed by atoms with van der Waals surface area (Å²) >= 11 is 0. The molecule has 1 aromatic rings. The van der Waals surface area contributed by atoms with Crippen molar-refractivity contribution in [1.29, 1.82) is 0 Å². The fourth-order valence-corrected chi connectivity index (χ4v) is 1.51. The number of hydrogen-bond acceptors (Lipinski definition) is 1. The molecule has 2 N–H and O–H groups in total. The van der Waals surface area contributed by atoms with E-state index in [0.717, 1.165) is 12.8 Å². The summed E-state index contributed by atoms with van der Waals surface area (Å²) in [7, 11) is 0. The fraction of sp³-hybridized carbons (Fsp3) is 0.429. The average Bonchev–Trinajstić information content (AvgIpc) is 2.17. The molecule has 15 heavy (non-hydrogen) atoms. The Morgan fingerprint density at radius 1 is 1.33 bits per heavy atom. The Balaban J connectivity index is 2.59. The van der Waals surface area contributed by atoms with Crippen molar-refractivity contribution in [2.45, 2.75) is 39.7 Å². The van der Waals surface area contributed by atoms with Gasteiger partial charge >= 0.3 is 0 Å². The van der Waals surface area contributed by atoms with Crippen LogP contribution in [0.15, 0.2) is 24.3 Å². The highest BCUT2D eigenvalue weighted by atomic mass is 14.6. The van der Waals surface area contributed by atoms with E-state index < -0.39 is 0 Å². The minimum Gasteiger partial charge on any atom is -0.328 e. The predicted molar refractivity (Wildman–Crippen MR) is 67.8 cm³/mol. The molecule has 0 aromatic heterocycles. The van der Waals surface area contributed by atoms with E-state index in [2.05, 4.69) is 44.2 Å². The molecule has 0 amide bonds. The highest BCUT2D eigenvalue weighted by Crippen LogP contribution is 2.13. The van der Waals surface area contributed by atoms with Crippen LogP contribution in [-0.4, -0.2) is 6.04 Å². The van der Waals surface area contributed by atoms with Crippen molar-refractivity contribution in [2.75, 3.05) is 0 Å². The lowest BCUT2D eigenvalue weighted by atomic mass is 10.0. The minimum atomic E-state index is 0.299. The topological polar surface area (TPSA) is 26.0 Å². The van der Waals surface area contributed by atoms with Crippen LogP contribution in [0.5, 0.6) is 0 Å². The lowest BCUT2D eigenvalue weighted by Gasteiger charge is -2.02. The van der Waals surface area contributed by atoms with Gasteiger partial charge in [-0.15, -0.1) is 0 Å². The van der Waals surface area contributed by atoms with Crippen LogP contribution in [0.3, 0.4) is 0 Å². The molecule has 0 bridgehead atoms. The van der Waals surface area contributed by atoms with Gasteiger partial charge in [-0.05, 0) is 44.7 Å². The third kappa shape index (κ3) is 4.30. The molecule has 1 rings (SSSR count). The second-order valence-corrected chi connectivity index (χ2v) is 4.32. The number of hydrogen-bond donors (Lipinski definition) is 1. The quantitative estimate of drug-likeness (QED) is 0.797. The standard InChI is InChI=1S/C14H21N/c1-11-8-9-12(2)14(10-11)7-5-4-6-13(3)15/h5,7-10,13H,4,6,15H2,1-3H3/b7-5+. The highest BCUT2D eigenvalue weighted by Gasteiger charge is 1.94. The molecule has 82 valence electrons. The lowest BCUT2D eigenvalue weighted by Crippen LogP contribution is -2.13. The first-order valence-corrected chi connectivity index (χ1v) is 5.59. The molecule has 0 aliphatic heterocycles. The summed E-state index contributed by atoms with van der Waals surface area (Å²) in [5.74, 6) is 0. The molecular formula is C14H21N. The smallest absolute Gasteiger partial charge is 0.00134 e. The van der Waals surface area contributed by atoms with Gasteiger partial charge in [-0.2, -0.15) is 0 Å². The number of rotatable bonds is 4. The van der Waals surface area contributed by atoms with Crippen LogP contribution >= 0.6 is 0 Å². The van der Waals surface area contributed by atoms with Gasteiger partial charge in [0.1, 0.15) is 0 Å². The first kappa shape index (κ1) is 12.0. The molecule has 0 radical (unpaired) electrons. The third-order valence-corrected chi connectivity index (χ3v) is 2.52. The maximum Gasteiger partial charge on any atom is 0.00134 e. The van der Waals surface area contributed by atoms with Crippen molar-refractivity contribution < 1.29 is 0 Å². The summed E-state index contributed by atoms with van der Waals surface area (Å²) in [5.41, 5.74) is 9.65. The van der Waals surface area contributed by atoms with Gasteiger partial charge in [0.15, 0.2) is 0 Å². The molecule has 1 heteroatoms. The van der Waals surface area contributed by atoms with Gasteiger partial charge in [0.25, 0.3) is 0 Å². The van der Waals surface area contributed by atoms with E-state index in [4.69, 9.17) is 5.73 Å². The van der Waals surface area contributed by atoms with Gasteiger partial charge in [0.2, 0.25) is 0 Å². The Kier molecular flexibility index (Phi) is 4.57. The zero-order valence-electron chi connectivity index (χ0n) is 9.96. The third-order valence-electron chi connectivity index (χ3n) is 2.52. The van der Waals surface area contributed by atoms with E-state index in [0.29, 0.717) is 6.04 Å². The van der Waals surface area contributed by atoms with Gasteiger partial charge in [0.05, 0.1) is 0 Å². The maximum absolute atomic E-state index is 5.69. The summed E-state index contributed by atoms with van der Waals surface area (Å²) in [5, 5.41) is 0. The number of aryl methyl sites for hydroxylation is 2. The van der Waals surface area contributed by atoms with Gasteiger partial charge in [-0.1, -0.05) is 35.9 Å². The Bertz CT molecular complexity index is 337. The minimum absolute atomic E-state index is 0.299. The molecule has 0 aliphatic rings. The number of nitrogens with two attached hydrogens (primary N) is 1. The Morgan fingerprint density at radius 3 is 2.73 bits per heavy atom. The van der Waals surface area contributed by atoms with Crippen molar-refractivity contribution in [3.8, 4) is 0 Å². The van der Waals surface area contributed by atoms with Crippen LogP contribution in [0.25, 0.3) is 6.08 Å². The molecule has 0 aliphatic carbocycles. The number of benzene rings is 1. The van der Waals surface area contributed by atoms with Gasteiger partial charge < -0.3 is 5.73 Å². The van der Waals surface area contributed by atoms with E-state index in [-0.39, 0.29) is 0 Å². The lowest BCUT2D eigenvalue weighted by molar-refractivity contribution is 0.677. The van der Waals surface area contributed by atoms with Gasteiger partial charge in [-0.3, -0.25) is 0 Å². The summed E-state index contributed by atoms with van der Waals surface area (Å²) in [6.07, 6.45) is 6.53. The molecule has 0 fully saturated rings. The van der Waals surface area contributed by atoms with Crippen LogP contribution in [0.2, 0.25) is 0 Å². The Morgan fingerprint density at radius 2 is 2.07 bits per heavy atom. The van der Waals surface area contributed by atoms with E-state index >= 15 is 0 Å². The van der Waals surface area contributed by atoms with E-state index in [9.17, 15) is 0 Å². The Hall–Kier alpha value is -1.08. The molecular weight excluding hydrogens is 182 g/mol. The Labute approximate surface area is 93.0 Å². The SMILES string of the molecule is Cc1ccc(C)c(/C=C/CCC(C)N)c1. The zero-order valence-corrected chi connectivity index (χ0v) is 9.96. The molecule has 0 saturated heterocycles. The van der Waals surface area contributed by atoms with Gasteiger partial charge in [-0.25, -0.2) is 0 Å². The van der Waals surface area contributed by atoms with Crippen LogP contribution in [0, 0.1) is 13.8 Å². The molecule has 1 aromatic carbocycles. The maximum atomic E-state index is 5.69. The summed E-state index contributed by atoms with van der Waals surface area (Å²) in [6.45, 7) is 6.31. The monoisotopic (exact) mass is 203 g/mol. The highest BCUT2D eigenvalue weighted by molar-refractivity contribution is 5.54. The van der Waals surface area contributed by atoms with E-state index in [1.807, 2.05) is 6.92 Å². The molecule has 1 atom stereocenters. The summed E-state index contributed by atoms with van der Waals surface area (Å²) in [6, 6.07) is 6.83.